The first-order chi connectivity index (χ1) is 8.84. The van der Waals surface area contributed by atoms with Crippen LogP contribution in [0, 0.1) is 6.92 Å². The zero-order chi connectivity index (χ0) is 12.4. The lowest BCUT2D eigenvalue weighted by molar-refractivity contribution is 0.941. The van der Waals surface area contributed by atoms with E-state index in [9.17, 15) is 0 Å². The molecular weight excluding hydrogens is 226 g/mol. The van der Waals surface area contributed by atoms with E-state index in [-0.39, 0.29) is 0 Å². The first kappa shape index (κ1) is 10.7. The van der Waals surface area contributed by atoms with Gasteiger partial charge in [0.05, 0.1) is 6.20 Å². The number of aromatic nitrogens is 4. The van der Waals surface area contributed by atoms with Crippen LogP contribution >= 0.6 is 0 Å². The van der Waals surface area contributed by atoms with Gasteiger partial charge < -0.3 is 5.32 Å². The predicted molar refractivity (Wildman–Crippen MR) is 69.3 cm³/mol. The van der Waals surface area contributed by atoms with Crippen molar-refractivity contribution < 1.29 is 0 Å². The van der Waals surface area contributed by atoms with Gasteiger partial charge in [0.25, 0.3) is 0 Å². The molecule has 0 bridgehead atoms. The Morgan fingerprint density at radius 1 is 1.22 bits per heavy atom. The first-order valence-electron chi connectivity index (χ1n) is 5.76. The lowest BCUT2D eigenvalue weighted by Crippen LogP contribution is -2.05. The topological polar surface area (TPSA) is 55.1 Å². The Labute approximate surface area is 105 Å². The number of pyridine rings is 1. The van der Waals surface area contributed by atoms with Crippen molar-refractivity contribution in [1.82, 2.24) is 19.6 Å². The molecule has 3 heterocycles. The van der Waals surface area contributed by atoms with Gasteiger partial charge in [0, 0.05) is 31.3 Å². The molecule has 0 aliphatic rings. The first-order valence-corrected chi connectivity index (χ1v) is 5.76. The van der Waals surface area contributed by atoms with Gasteiger partial charge in [-0.3, -0.25) is 4.98 Å². The molecule has 0 aromatic carbocycles. The molecular formula is C13H13N5. The summed E-state index contributed by atoms with van der Waals surface area (Å²) in [6.07, 6.45) is 9.00. The highest BCUT2D eigenvalue weighted by atomic mass is 15.2. The van der Waals surface area contributed by atoms with Crippen LogP contribution in [0.3, 0.4) is 0 Å². The average Bonchev–Trinajstić information content (AvgIpc) is 2.86. The summed E-state index contributed by atoms with van der Waals surface area (Å²) >= 11 is 0. The van der Waals surface area contributed by atoms with Crippen LogP contribution in [0.5, 0.6) is 0 Å². The molecule has 0 aliphatic carbocycles. The standard InChI is InChI=1S/C13H13N5/c1-10-2-4-14-8-11(10)9-16-13-12-3-5-17-18(12)7-6-15-13/h2-8H,9H2,1H3,(H,15,16). The van der Waals surface area contributed by atoms with Crippen molar-refractivity contribution in [3.05, 3.63) is 54.2 Å². The maximum absolute atomic E-state index is 4.33. The number of aryl methyl sites for hydroxylation is 1. The minimum Gasteiger partial charge on any atom is -0.364 e. The van der Waals surface area contributed by atoms with E-state index in [4.69, 9.17) is 0 Å². The van der Waals surface area contributed by atoms with E-state index in [0.717, 1.165) is 11.3 Å². The molecule has 5 heteroatoms. The summed E-state index contributed by atoms with van der Waals surface area (Å²) in [5, 5.41) is 7.50. The Kier molecular flexibility index (Phi) is 2.64. The van der Waals surface area contributed by atoms with Gasteiger partial charge in [0.15, 0.2) is 5.82 Å². The molecule has 0 amide bonds. The van der Waals surface area contributed by atoms with Gasteiger partial charge in [-0.25, -0.2) is 9.50 Å². The van der Waals surface area contributed by atoms with E-state index in [1.807, 2.05) is 24.5 Å². The molecule has 3 aromatic rings. The molecule has 3 rings (SSSR count). The maximum Gasteiger partial charge on any atom is 0.152 e. The summed E-state index contributed by atoms with van der Waals surface area (Å²) in [5.74, 6) is 0.832. The molecule has 0 saturated carbocycles. The Hall–Kier alpha value is -2.43. The Bertz CT molecular complexity index is 674. The van der Waals surface area contributed by atoms with E-state index < -0.39 is 0 Å². The van der Waals surface area contributed by atoms with E-state index in [1.165, 1.54) is 11.1 Å². The fourth-order valence-electron chi connectivity index (χ4n) is 1.85. The van der Waals surface area contributed by atoms with Crippen molar-refractivity contribution in [2.24, 2.45) is 0 Å². The van der Waals surface area contributed by atoms with Crippen LogP contribution in [0.4, 0.5) is 5.82 Å². The largest absolute Gasteiger partial charge is 0.364 e. The third-order valence-electron chi connectivity index (χ3n) is 2.92. The molecule has 0 saturated heterocycles. The number of hydrogen-bond acceptors (Lipinski definition) is 4. The number of nitrogens with zero attached hydrogens (tertiary/aromatic N) is 4. The van der Waals surface area contributed by atoms with Gasteiger partial charge in [-0.1, -0.05) is 0 Å². The van der Waals surface area contributed by atoms with Crippen LogP contribution in [0.25, 0.3) is 5.52 Å². The van der Waals surface area contributed by atoms with Gasteiger partial charge in [-0.15, -0.1) is 0 Å². The van der Waals surface area contributed by atoms with Crippen LogP contribution in [-0.2, 0) is 6.54 Å². The van der Waals surface area contributed by atoms with Gasteiger partial charge in [-0.05, 0) is 30.2 Å². The van der Waals surface area contributed by atoms with Crippen molar-refractivity contribution >= 4 is 11.3 Å². The molecule has 0 fully saturated rings. The smallest absolute Gasteiger partial charge is 0.152 e. The zero-order valence-electron chi connectivity index (χ0n) is 10.0. The molecule has 0 spiro atoms. The lowest BCUT2D eigenvalue weighted by atomic mass is 10.1. The zero-order valence-corrected chi connectivity index (χ0v) is 10.0. The second kappa shape index (κ2) is 4.44. The summed E-state index contributed by atoms with van der Waals surface area (Å²) in [7, 11) is 0. The number of fused-ring (bicyclic) bond motifs is 1. The van der Waals surface area contributed by atoms with Crippen LogP contribution in [0.2, 0.25) is 0 Å². The summed E-state index contributed by atoms with van der Waals surface area (Å²) in [5.41, 5.74) is 3.36. The minimum atomic E-state index is 0.706. The van der Waals surface area contributed by atoms with E-state index in [2.05, 4.69) is 27.3 Å². The SMILES string of the molecule is Cc1ccncc1CNc1nccn2nccc12. The van der Waals surface area contributed by atoms with Gasteiger partial charge in [0.2, 0.25) is 0 Å². The highest BCUT2D eigenvalue weighted by molar-refractivity contribution is 5.66. The Morgan fingerprint density at radius 3 is 3.06 bits per heavy atom. The van der Waals surface area contributed by atoms with Crippen LogP contribution in [0.1, 0.15) is 11.1 Å². The average molecular weight is 239 g/mol. The molecule has 5 nitrogen and oxygen atoms in total. The molecule has 90 valence electrons. The van der Waals surface area contributed by atoms with E-state index in [0.29, 0.717) is 6.54 Å². The molecule has 18 heavy (non-hydrogen) atoms. The molecule has 0 unspecified atom stereocenters. The Balaban J connectivity index is 1.85. The van der Waals surface area contributed by atoms with Crippen LogP contribution < -0.4 is 5.32 Å². The van der Waals surface area contributed by atoms with E-state index >= 15 is 0 Å². The maximum atomic E-state index is 4.33. The molecule has 3 aromatic heterocycles. The second-order valence-corrected chi connectivity index (χ2v) is 4.09. The van der Waals surface area contributed by atoms with Crippen molar-refractivity contribution in [3.8, 4) is 0 Å². The second-order valence-electron chi connectivity index (χ2n) is 4.09. The fourth-order valence-corrected chi connectivity index (χ4v) is 1.85. The highest BCUT2D eigenvalue weighted by Crippen LogP contribution is 2.14. The lowest BCUT2D eigenvalue weighted by Gasteiger charge is -2.08. The monoisotopic (exact) mass is 239 g/mol. The van der Waals surface area contributed by atoms with E-state index in [1.54, 1.807) is 23.1 Å². The quantitative estimate of drug-likeness (QED) is 0.760. The van der Waals surface area contributed by atoms with Gasteiger partial charge in [-0.2, -0.15) is 5.10 Å². The highest BCUT2D eigenvalue weighted by Gasteiger charge is 2.03. The minimum absolute atomic E-state index is 0.706. The number of rotatable bonds is 3. The summed E-state index contributed by atoms with van der Waals surface area (Å²) in [6.45, 7) is 2.78. The van der Waals surface area contributed by atoms with Crippen molar-refractivity contribution in [1.29, 1.82) is 0 Å². The normalized spacial score (nSPS) is 10.7. The number of nitrogens with one attached hydrogen (secondary N) is 1. The Morgan fingerprint density at radius 2 is 2.17 bits per heavy atom. The third kappa shape index (κ3) is 1.90. The number of hydrogen-bond donors (Lipinski definition) is 1. The van der Waals surface area contributed by atoms with Gasteiger partial charge in [0.1, 0.15) is 5.52 Å². The molecule has 1 N–H and O–H groups in total. The third-order valence-corrected chi connectivity index (χ3v) is 2.92. The summed E-state index contributed by atoms with van der Waals surface area (Å²) in [4.78, 5) is 8.46. The molecule has 0 atom stereocenters. The van der Waals surface area contributed by atoms with Crippen LogP contribution in [-0.4, -0.2) is 19.6 Å². The fraction of sp³-hybridized carbons (Fsp3) is 0.154. The summed E-state index contributed by atoms with van der Waals surface area (Å²) < 4.78 is 1.80. The van der Waals surface area contributed by atoms with Crippen molar-refractivity contribution in [3.63, 3.8) is 0 Å². The van der Waals surface area contributed by atoms with Gasteiger partial charge >= 0.3 is 0 Å². The number of anilines is 1. The summed E-state index contributed by atoms with van der Waals surface area (Å²) in [6, 6.07) is 3.94. The molecule has 0 radical (unpaired) electrons. The molecule has 0 aliphatic heterocycles. The van der Waals surface area contributed by atoms with Crippen molar-refractivity contribution in [2.45, 2.75) is 13.5 Å². The van der Waals surface area contributed by atoms with Crippen molar-refractivity contribution in [2.75, 3.05) is 5.32 Å². The van der Waals surface area contributed by atoms with Crippen LogP contribution in [0.15, 0.2) is 43.1 Å². The predicted octanol–water partition coefficient (Wildman–Crippen LogP) is 2.04.